The van der Waals surface area contributed by atoms with Gasteiger partial charge in [0.1, 0.15) is 47.3 Å². The lowest BCUT2D eigenvalue weighted by Crippen LogP contribution is -2.43. The van der Waals surface area contributed by atoms with Gasteiger partial charge in [0.05, 0.1) is 5.56 Å². The molecule has 1 N–H and O–H groups in total. The summed E-state index contributed by atoms with van der Waals surface area (Å²) in [5.41, 5.74) is -3.04. The van der Waals surface area contributed by atoms with E-state index in [9.17, 15) is 29.5 Å². The molecule has 0 radical (unpaired) electrons. The number of aromatic hydroxyl groups is 1. The smallest absolute Gasteiger partial charge is 0.343 e. The molecule has 2 aromatic rings. The number of carbonyl (C=O) groups is 3. The van der Waals surface area contributed by atoms with Crippen LogP contribution < -0.4 is 5.63 Å². The van der Waals surface area contributed by atoms with Gasteiger partial charge in [-0.05, 0) is 65.8 Å². The van der Waals surface area contributed by atoms with Crippen LogP contribution in [0.5, 0.6) is 5.75 Å². The molecule has 0 saturated carbocycles. The van der Waals surface area contributed by atoms with Crippen LogP contribution in [0.1, 0.15) is 47.1 Å². The molecule has 35 heavy (non-hydrogen) atoms. The maximum atomic E-state index is 13.2. The summed E-state index contributed by atoms with van der Waals surface area (Å²) in [6, 6.07) is 7.22. The summed E-state index contributed by atoms with van der Waals surface area (Å²) in [5.74, 6) is -2.67. The zero-order valence-corrected chi connectivity index (χ0v) is 20.5. The number of phenols is 1. The Morgan fingerprint density at radius 2 is 1.57 bits per heavy atom. The highest BCUT2D eigenvalue weighted by Gasteiger charge is 2.28. The molecule has 0 aliphatic carbocycles. The van der Waals surface area contributed by atoms with Crippen molar-refractivity contribution in [3.05, 3.63) is 45.8 Å². The van der Waals surface area contributed by atoms with Crippen LogP contribution in [0.4, 0.5) is 0 Å². The van der Waals surface area contributed by atoms with Crippen molar-refractivity contribution in [1.29, 1.82) is 5.26 Å². The van der Waals surface area contributed by atoms with E-state index in [1.807, 2.05) is 0 Å². The summed E-state index contributed by atoms with van der Waals surface area (Å²) in [4.78, 5) is 51.1. The second-order valence-corrected chi connectivity index (χ2v) is 9.72. The van der Waals surface area contributed by atoms with Crippen molar-refractivity contribution in [2.45, 2.75) is 52.7 Å². The Morgan fingerprint density at radius 3 is 2.06 bits per heavy atom. The topological polar surface area (TPSA) is 147 Å². The number of carbonyl (C=O) groups excluding carboxylic acids is 3. The van der Waals surface area contributed by atoms with Crippen LogP contribution in [0, 0.1) is 11.3 Å². The number of phenolic OH excluding ortho intramolecular Hbond substituents is 1. The zero-order chi connectivity index (χ0) is 26.6. The lowest BCUT2D eigenvalue weighted by molar-refractivity contribution is -0.163. The molecule has 0 fully saturated rings. The molecule has 186 valence electrons. The van der Waals surface area contributed by atoms with Gasteiger partial charge >= 0.3 is 17.6 Å². The second-order valence-electron chi connectivity index (χ2n) is 9.72. The van der Waals surface area contributed by atoms with Crippen LogP contribution in [0.25, 0.3) is 17.0 Å². The standard InChI is InChI=1S/C25H28N2O8/c1-24(2,3)34-20(29)13-27(14-21(30)35-25(4,5)6)22(31)17(12-26)10-16-9-15-7-8-18(28)11-19(15)33-23(16)32/h7-11,28H,13-14H2,1-6H3/b17-10+. The highest BCUT2D eigenvalue weighted by Crippen LogP contribution is 2.20. The van der Waals surface area contributed by atoms with Crippen LogP contribution >= 0.6 is 0 Å². The van der Waals surface area contributed by atoms with Crippen molar-refractivity contribution in [2.24, 2.45) is 0 Å². The molecule has 0 aliphatic rings. The summed E-state index contributed by atoms with van der Waals surface area (Å²) in [5, 5.41) is 19.6. The van der Waals surface area contributed by atoms with Gasteiger partial charge in [0.25, 0.3) is 5.91 Å². The highest BCUT2D eigenvalue weighted by molar-refractivity contribution is 6.04. The number of amides is 1. The Balaban J connectivity index is 2.42. The van der Waals surface area contributed by atoms with Crippen LogP contribution in [0.3, 0.4) is 0 Å². The van der Waals surface area contributed by atoms with Crippen LogP contribution in [0.15, 0.2) is 39.1 Å². The first kappa shape index (κ1) is 27.1. The number of ether oxygens (including phenoxy) is 2. The Bertz CT molecular complexity index is 1240. The van der Waals surface area contributed by atoms with Crippen molar-refractivity contribution in [3.8, 4) is 11.8 Å². The molecule has 0 saturated heterocycles. The fourth-order valence-corrected chi connectivity index (χ4v) is 2.94. The van der Waals surface area contributed by atoms with Crippen molar-refractivity contribution in [1.82, 2.24) is 4.90 Å². The lowest BCUT2D eigenvalue weighted by atomic mass is 10.1. The molecule has 0 spiro atoms. The maximum absolute atomic E-state index is 13.2. The van der Waals surface area contributed by atoms with Crippen molar-refractivity contribution in [2.75, 3.05) is 13.1 Å². The monoisotopic (exact) mass is 484 g/mol. The second kappa shape index (κ2) is 10.4. The minimum atomic E-state index is -0.977. The van der Waals surface area contributed by atoms with E-state index in [2.05, 4.69) is 0 Å². The van der Waals surface area contributed by atoms with Gasteiger partial charge in [-0.3, -0.25) is 14.4 Å². The molecule has 0 unspecified atom stereocenters. The lowest BCUT2D eigenvalue weighted by Gasteiger charge is -2.26. The maximum Gasteiger partial charge on any atom is 0.343 e. The predicted molar refractivity (Wildman–Crippen MR) is 126 cm³/mol. The summed E-state index contributed by atoms with van der Waals surface area (Å²) < 4.78 is 15.6. The highest BCUT2D eigenvalue weighted by atomic mass is 16.6. The van der Waals surface area contributed by atoms with Crippen LogP contribution in [0.2, 0.25) is 0 Å². The summed E-state index contributed by atoms with van der Waals surface area (Å²) in [6.07, 6.45) is 1.01. The van der Waals surface area contributed by atoms with Gasteiger partial charge in [-0.15, -0.1) is 0 Å². The molecule has 0 bridgehead atoms. The van der Waals surface area contributed by atoms with Gasteiger partial charge in [0.15, 0.2) is 0 Å². The first-order valence-electron chi connectivity index (χ1n) is 10.7. The van der Waals surface area contributed by atoms with Gasteiger partial charge in [-0.1, -0.05) is 0 Å². The fraction of sp³-hybridized carbons (Fsp3) is 0.400. The zero-order valence-electron chi connectivity index (χ0n) is 20.5. The van der Waals surface area contributed by atoms with Gasteiger partial charge < -0.3 is 23.9 Å². The van der Waals surface area contributed by atoms with E-state index in [0.29, 0.717) is 5.39 Å². The number of hydrogen-bond donors (Lipinski definition) is 1. The van der Waals surface area contributed by atoms with E-state index >= 15 is 0 Å². The van der Waals surface area contributed by atoms with Crippen molar-refractivity contribution < 1.29 is 33.4 Å². The van der Waals surface area contributed by atoms with E-state index in [1.54, 1.807) is 47.6 Å². The molecule has 2 rings (SSSR count). The third-order valence-corrected chi connectivity index (χ3v) is 4.16. The van der Waals surface area contributed by atoms with Gasteiger partial charge in [-0.25, -0.2) is 4.79 Å². The molecule has 1 aromatic carbocycles. The van der Waals surface area contributed by atoms with Gasteiger partial charge in [0, 0.05) is 11.5 Å². The van der Waals surface area contributed by atoms with Crippen LogP contribution in [-0.4, -0.2) is 52.1 Å². The number of benzene rings is 1. The van der Waals surface area contributed by atoms with E-state index < -0.39 is 53.3 Å². The summed E-state index contributed by atoms with van der Waals surface area (Å²) >= 11 is 0. The van der Waals surface area contributed by atoms with Gasteiger partial charge in [0.2, 0.25) is 0 Å². The minimum absolute atomic E-state index is 0.100. The Morgan fingerprint density at radius 1 is 1.03 bits per heavy atom. The van der Waals surface area contributed by atoms with E-state index in [4.69, 9.17) is 13.9 Å². The Hall–Kier alpha value is -4.13. The van der Waals surface area contributed by atoms with Crippen molar-refractivity contribution >= 4 is 34.9 Å². The van der Waals surface area contributed by atoms with E-state index in [0.717, 1.165) is 11.0 Å². The molecule has 10 nitrogen and oxygen atoms in total. The molecule has 1 amide bonds. The predicted octanol–water partition coefficient (Wildman–Crippen LogP) is 2.92. The largest absolute Gasteiger partial charge is 0.508 e. The number of esters is 2. The average molecular weight is 485 g/mol. The Kier molecular flexibility index (Phi) is 8.08. The number of nitrogens with zero attached hydrogens (tertiary/aromatic N) is 2. The molecule has 1 aromatic heterocycles. The summed E-state index contributed by atoms with van der Waals surface area (Å²) in [7, 11) is 0. The first-order chi connectivity index (χ1) is 16.1. The third-order valence-electron chi connectivity index (χ3n) is 4.16. The average Bonchev–Trinajstić information content (AvgIpc) is 2.68. The van der Waals surface area contributed by atoms with E-state index in [1.165, 1.54) is 24.3 Å². The molecular formula is C25H28N2O8. The number of hydrogen-bond acceptors (Lipinski definition) is 9. The molecule has 1 heterocycles. The molecule has 0 aliphatic heterocycles. The van der Waals surface area contributed by atoms with Crippen molar-refractivity contribution in [3.63, 3.8) is 0 Å². The van der Waals surface area contributed by atoms with E-state index in [-0.39, 0.29) is 16.9 Å². The molecular weight excluding hydrogens is 456 g/mol. The first-order valence-corrected chi connectivity index (χ1v) is 10.7. The summed E-state index contributed by atoms with van der Waals surface area (Å²) in [6.45, 7) is 8.61. The SMILES string of the molecule is CC(C)(C)OC(=O)CN(CC(=O)OC(C)(C)C)C(=O)/C(C#N)=C/c1cc2ccc(O)cc2oc1=O. The number of nitriles is 1. The van der Waals surface area contributed by atoms with Crippen LogP contribution in [-0.2, 0) is 23.9 Å². The van der Waals surface area contributed by atoms with Gasteiger partial charge in [-0.2, -0.15) is 5.26 Å². The number of rotatable bonds is 6. The molecule has 10 heteroatoms. The normalized spacial score (nSPS) is 12.1. The minimum Gasteiger partial charge on any atom is -0.508 e. The third kappa shape index (κ3) is 8.30. The fourth-order valence-electron chi connectivity index (χ4n) is 2.94. The Labute approximate surface area is 202 Å². The molecule has 0 atom stereocenters. The quantitative estimate of drug-likeness (QED) is 0.283. The number of fused-ring (bicyclic) bond motifs is 1.